The molecule has 0 radical (unpaired) electrons. The zero-order chi connectivity index (χ0) is 15.5. The zero-order valence-corrected chi connectivity index (χ0v) is 11.6. The fourth-order valence-electron chi connectivity index (χ4n) is 2.21. The Balaban J connectivity index is 1.66. The minimum absolute atomic E-state index is 0.0183. The van der Waals surface area contributed by atoms with E-state index in [1.165, 1.54) is 24.3 Å². The third kappa shape index (κ3) is 3.22. The van der Waals surface area contributed by atoms with Crippen molar-refractivity contribution in [2.75, 3.05) is 10.6 Å². The van der Waals surface area contributed by atoms with Crippen LogP contribution in [0.1, 0.15) is 12.0 Å². The Morgan fingerprint density at radius 2 is 1.91 bits per heavy atom. The fraction of sp³-hybridized carbons (Fsp3) is 0.125. The van der Waals surface area contributed by atoms with Gasteiger partial charge >= 0.3 is 6.09 Å². The van der Waals surface area contributed by atoms with E-state index in [0.717, 1.165) is 11.3 Å². The summed E-state index contributed by atoms with van der Waals surface area (Å²) in [6.45, 7) is 0. The molecule has 0 spiro atoms. The SMILES string of the molecule is O=C1CCc2cc(OC(=O)Nc3ccc(F)cc3)ccc2N1. The number of rotatable bonds is 2. The van der Waals surface area contributed by atoms with Crippen molar-refractivity contribution in [3.8, 4) is 5.75 Å². The van der Waals surface area contributed by atoms with Gasteiger partial charge < -0.3 is 10.1 Å². The molecule has 0 saturated carbocycles. The number of nitrogens with one attached hydrogen (secondary N) is 2. The Morgan fingerprint density at radius 3 is 2.68 bits per heavy atom. The summed E-state index contributed by atoms with van der Waals surface area (Å²) in [5, 5.41) is 5.26. The molecule has 0 aromatic heterocycles. The summed E-state index contributed by atoms with van der Waals surface area (Å²) >= 11 is 0. The van der Waals surface area contributed by atoms with E-state index >= 15 is 0 Å². The summed E-state index contributed by atoms with van der Waals surface area (Å²) in [6, 6.07) is 10.4. The van der Waals surface area contributed by atoms with Crippen LogP contribution in [-0.2, 0) is 11.2 Å². The lowest BCUT2D eigenvalue weighted by molar-refractivity contribution is -0.116. The molecule has 22 heavy (non-hydrogen) atoms. The highest BCUT2D eigenvalue weighted by Crippen LogP contribution is 2.27. The average Bonchev–Trinajstić information content (AvgIpc) is 2.50. The van der Waals surface area contributed by atoms with Crippen LogP contribution in [0, 0.1) is 5.82 Å². The van der Waals surface area contributed by atoms with Crippen molar-refractivity contribution in [2.24, 2.45) is 0 Å². The number of fused-ring (bicyclic) bond motifs is 1. The predicted molar refractivity (Wildman–Crippen MR) is 79.4 cm³/mol. The molecule has 5 nitrogen and oxygen atoms in total. The molecule has 1 heterocycles. The summed E-state index contributed by atoms with van der Waals surface area (Å²) in [5.74, 6) is -0.0135. The molecule has 2 aromatic rings. The van der Waals surface area contributed by atoms with Gasteiger partial charge in [0.15, 0.2) is 0 Å². The first-order valence-corrected chi connectivity index (χ1v) is 6.77. The maximum absolute atomic E-state index is 12.8. The molecule has 2 N–H and O–H groups in total. The van der Waals surface area contributed by atoms with E-state index in [9.17, 15) is 14.0 Å². The molecule has 1 aliphatic heterocycles. The Labute approximate surface area is 126 Å². The lowest BCUT2D eigenvalue weighted by Crippen LogP contribution is -2.20. The number of aryl methyl sites for hydroxylation is 1. The molecule has 1 aliphatic rings. The summed E-state index contributed by atoms with van der Waals surface area (Å²) < 4.78 is 18.0. The van der Waals surface area contributed by atoms with Crippen LogP contribution in [-0.4, -0.2) is 12.0 Å². The largest absolute Gasteiger partial charge is 0.417 e. The Hall–Kier alpha value is -2.89. The van der Waals surface area contributed by atoms with E-state index in [0.29, 0.717) is 24.3 Å². The molecule has 0 unspecified atom stereocenters. The van der Waals surface area contributed by atoms with E-state index in [1.54, 1.807) is 18.2 Å². The highest BCUT2D eigenvalue weighted by molar-refractivity contribution is 5.94. The van der Waals surface area contributed by atoms with Crippen molar-refractivity contribution in [3.05, 3.63) is 53.8 Å². The van der Waals surface area contributed by atoms with Gasteiger partial charge in [-0.25, -0.2) is 9.18 Å². The average molecular weight is 300 g/mol. The van der Waals surface area contributed by atoms with Gasteiger partial charge in [-0.2, -0.15) is 0 Å². The Morgan fingerprint density at radius 1 is 1.14 bits per heavy atom. The number of anilines is 2. The highest BCUT2D eigenvalue weighted by atomic mass is 19.1. The third-order valence-corrected chi connectivity index (χ3v) is 3.27. The van der Waals surface area contributed by atoms with Gasteiger partial charge in [0.1, 0.15) is 11.6 Å². The molecule has 2 amide bonds. The highest BCUT2D eigenvalue weighted by Gasteiger charge is 2.16. The van der Waals surface area contributed by atoms with Crippen molar-refractivity contribution in [3.63, 3.8) is 0 Å². The van der Waals surface area contributed by atoms with Crippen molar-refractivity contribution < 1.29 is 18.7 Å². The first kappa shape index (κ1) is 14.1. The minimum atomic E-state index is -0.661. The molecular weight excluding hydrogens is 287 g/mol. The maximum atomic E-state index is 12.8. The van der Waals surface area contributed by atoms with Crippen LogP contribution < -0.4 is 15.4 Å². The van der Waals surface area contributed by atoms with Gasteiger partial charge in [-0.1, -0.05) is 0 Å². The van der Waals surface area contributed by atoms with Crippen molar-refractivity contribution in [1.82, 2.24) is 0 Å². The van der Waals surface area contributed by atoms with Gasteiger partial charge in [0.2, 0.25) is 5.91 Å². The summed E-state index contributed by atoms with van der Waals surface area (Å²) in [5.41, 5.74) is 2.10. The second-order valence-corrected chi connectivity index (χ2v) is 4.89. The van der Waals surface area contributed by atoms with Crippen LogP contribution in [0.3, 0.4) is 0 Å². The normalized spacial score (nSPS) is 13.0. The van der Waals surface area contributed by atoms with E-state index in [-0.39, 0.29) is 11.7 Å². The van der Waals surface area contributed by atoms with E-state index in [4.69, 9.17) is 4.74 Å². The van der Waals surface area contributed by atoms with Crippen molar-refractivity contribution in [2.45, 2.75) is 12.8 Å². The first-order valence-electron chi connectivity index (χ1n) is 6.77. The van der Waals surface area contributed by atoms with Gasteiger partial charge in [0.25, 0.3) is 0 Å². The fourth-order valence-corrected chi connectivity index (χ4v) is 2.21. The zero-order valence-electron chi connectivity index (χ0n) is 11.6. The lowest BCUT2D eigenvalue weighted by Gasteiger charge is -2.17. The third-order valence-electron chi connectivity index (χ3n) is 3.27. The molecule has 0 saturated heterocycles. The number of carbonyl (C=O) groups excluding carboxylic acids is 2. The monoisotopic (exact) mass is 300 g/mol. The number of hydrogen-bond donors (Lipinski definition) is 2. The van der Waals surface area contributed by atoms with Crippen LogP contribution in [0.5, 0.6) is 5.75 Å². The second kappa shape index (κ2) is 5.85. The van der Waals surface area contributed by atoms with Gasteiger partial charge in [-0.15, -0.1) is 0 Å². The smallest absolute Gasteiger partial charge is 0.410 e. The van der Waals surface area contributed by atoms with Crippen LogP contribution in [0.4, 0.5) is 20.6 Å². The van der Waals surface area contributed by atoms with Gasteiger partial charge in [0.05, 0.1) is 0 Å². The van der Waals surface area contributed by atoms with Gasteiger partial charge in [-0.3, -0.25) is 10.1 Å². The summed E-state index contributed by atoms with van der Waals surface area (Å²) in [6.07, 6.45) is 0.363. The van der Waals surface area contributed by atoms with Crippen molar-refractivity contribution >= 4 is 23.4 Å². The predicted octanol–water partition coefficient (Wildman–Crippen LogP) is 3.32. The molecule has 112 valence electrons. The van der Waals surface area contributed by atoms with Gasteiger partial charge in [-0.05, 0) is 54.4 Å². The van der Waals surface area contributed by atoms with Gasteiger partial charge in [0, 0.05) is 17.8 Å². The lowest BCUT2D eigenvalue weighted by atomic mass is 10.0. The number of carbonyl (C=O) groups is 2. The topological polar surface area (TPSA) is 67.4 Å². The first-order chi connectivity index (χ1) is 10.6. The van der Waals surface area contributed by atoms with Crippen LogP contribution >= 0.6 is 0 Å². The molecule has 0 bridgehead atoms. The summed E-state index contributed by atoms with van der Waals surface area (Å²) in [4.78, 5) is 23.1. The molecule has 0 atom stereocenters. The molecule has 6 heteroatoms. The molecule has 2 aromatic carbocycles. The molecule has 3 rings (SSSR count). The molecular formula is C16H13FN2O3. The Bertz CT molecular complexity index is 729. The van der Waals surface area contributed by atoms with E-state index < -0.39 is 6.09 Å². The number of ether oxygens (including phenoxy) is 1. The van der Waals surface area contributed by atoms with E-state index in [2.05, 4.69) is 10.6 Å². The number of halogens is 1. The molecule has 0 fully saturated rings. The maximum Gasteiger partial charge on any atom is 0.417 e. The molecule has 0 aliphatic carbocycles. The number of hydrogen-bond acceptors (Lipinski definition) is 3. The number of amides is 2. The second-order valence-electron chi connectivity index (χ2n) is 4.89. The van der Waals surface area contributed by atoms with Crippen molar-refractivity contribution in [1.29, 1.82) is 0 Å². The quantitative estimate of drug-likeness (QED) is 0.894. The minimum Gasteiger partial charge on any atom is -0.410 e. The van der Waals surface area contributed by atoms with Crippen LogP contribution in [0.15, 0.2) is 42.5 Å². The standard InChI is InChI=1S/C16H13FN2O3/c17-11-2-4-12(5-3-11)18-16(21)22-13-6-7-14-10(9-13)1-8-15(20)19-14/h2-7,9H,1,8H2,(H,18,21)(H,19,20). The number of benzene rings is 2. The van der Waals surface area contributed by atoms with E-state index in [1.807, 2.05) is 0 Å². The van der Waals surface area contributed by atoms with Crippen LogP contribution in [0.2, 0.25) is 0 Å². The summed E-state index contributed by atoms with van der Waals surface area (Å²) in [7, 11) is 0. The Kier molecular flexibility index (Phi) is 3.74. The van der Waals surface area contributed by atoms with Crippen LogP contribution in [0.25, 0.3) is 0 Å².